The van der Waals surface area contributed by atoms with Gasteiger partial charge in [-0.25, -0.2) is 14.8 Å². The van der Waals surface area contributed by atoms with E-state index in [1.54, 1.807) is 5.01 Å². The molecule has 5 heterocycles. The fourth-order valence-corrected chi connectivity index (χ4v) is 6.03. The number of rotatable bonds is 4. The summed E-state index contributed by atoms with van der Waals surface area (Å²) in [6, 6.07) is 0.493. The minimum Gasteiger partial charge on any atom is -0.378 e. The molecule has 5 aliphatic rings. The highest BCUT2D eigenvalue weighted by Gasteiger charge is 2.48. The lowest BCUT2D eigenvalue weighted by Crippen LogP contribution is -2.69. The molecule has 0 aliphatic carbocycles. The summed E-state index contributed by atoms with van der Waals surface area (Å²) >= 11 is 6.76. The van der Waals surface area contributed by atoms with Crippen molar-refractivity contribution in [3.05, 3.63) is 0 Å². The highest BCUT2D eigenvalue weighted by molar-refractivity contribution is 6.21. The predicted molar refractivity (Wildman–Crippen MR) is 114 cm³/mol. The van der Waals surface area contributed by atoms with Crippen molar-refractivity contribution in [1.29, 1.82) is 0 Å². The van der Waals surface area contributed by atoms with Crippen LogP contribution in [0.1, 0.15) is 0 Å². The summed E-state index contributed by atoms with van der Waals surface area (Å²) in [5.41, 5.74) is 9.26. The highest BCUT2D eigenvalue weighted by atomic mass is 35.5. The monoisotopic (exact) mass is 460 g/mol. The molecule has 0 aromatic carbocycles. The van der Waals surface area contributed by atoms with Gasteiger partial charge in [0.05, 0.1) is 48.9 Å². The third-order valence-corrected chi connectivity index (χ3v) is 7.76. The van der Waals surface area contributed by atoms with Gasteiger partial charge in [-0.05, 0) is 0 Å². The van der Waals surface area contributed by atoms with Crippen molar-refractivity contribution in [2.45, 2.75) is 42.0 Å². The molecule has 0 aromatic heterocycles. The minimum atomic E-state index is -0.980. The van der Waals surface area contributed by atoms with Crippen LogP contribution in [0.5, 0.6) is 0 Å². The molecule has 0 aromatic rings. The second-order valence-electron chi connectivity index (χ2n) is 9.33. The van der Waals surface area contributed by atoms with Crippen molar-refractivity contribution in [1.82, 2.24) is 36.2 Å². The van der Waals surface area contributed by atoms with E-state index in [0.29, 0.717) is 12.6 Å². The first-order chi connectivity index (χ1) is 15.0. The van der Waals surface area contributed by atoms with Gasteiger partial charge in [-0.1, -0.05) is 0 Å². The van der Waals surface area contributed by atoms with E-state index in [1.165, 1.54) is 0 Å². The third kappa shape index (κ3) is 4.44. The molecule has 5 saturated heterocycles. The number of nitrogens with two attached hydrogens (primary N) is 1. The largest absolute Gasteiger partial charge is 0.378 e. The lowest BCUT2D eigenvalue weighted by atomic mass is 9.95. The molecule has 31 heavy (non-hydrogen) atoms. The van der Waals surface area contributed by atoms with Crippen LogP contribution in [0.25, 0.3) is 0 Å². The molecule has 7 atom stereocenters. The molecular formula is C19H34ClFN8O2. The van der Waals surface area contributed by atoms with Gasteiger partial charge < -0.3 is 21.1 Å². The van der Waals surface area contributed by atoms with E-state index in [0.717, 1.165) is 45.9 Å². The summed E-state index contributed by atoms with van der Waals surface area (Å²) in [5.74, 6) is -0.621. The van der Waals surface area contributed by atoms with E-state index in [9.17, 15) is 9.18 Å². The van der Waals surface area contributed by atoms with Crippen molar-refractivity contribution in [3.8, 4) is 0 Å². The molecule has 6 N–H and O–H groups in total. The Morgan fingerprint density at radius 3 is 2.58 bits per heavy atom. The zero-order valence-corrected chi connectivity index (χ0v) is 18.4. The van der Waals surface area contributed by atoms with Gasteiger partial charge in [0.1, 0.15) is 6.17 Å². The molecule has 0 bridgehead atoms. The number of nitrogens with one attached hydrogen (secondary N) is 4. The van der Waals surface area contributed by atoms with Crippen molar-refractivity contribution >= 4 is 17.5 Å². The van der Waals surface area contributed by atoms with Crippen molar-refractivity contribution in [2.24, 2.45) is 11.7 Å². The van der Waals surface area contributed by atoms with Crippen molar-refractivity contribution in [2.75, 3.05) is 65.6 Å². The molecule has 5 aliphatic heterocycles. The number of nitrogens with zero attached hydrogens (tertiary/aromatic N) is 3. The number of ether oxygens (including phenoxy) is 1. The first-order valence-corrected chi connectivity index (χ1v) is 11.8. The number of amides is 1. The Morgan fingerprint density at radius 1 is 1.13 bits per heavy atom. The predicted octanol–water partition coefficient (Wildman–Crippen LogP) is -2.94. The third-order valence-electron chi connectivity index (χ3n) is 7.35. The van der Waals surface area contributed by atoms with Crippen LogP contribution >= 0.6 is 11.6 Å². The summed E-state index contributed by atoms with van der Waals surface area (Å²) < 4.78 is 19.1. The maximum absolute atomic E-state index is 13.7. The molecule has 0 saturated carbocycles. The molecular weight excluding hydrogens is 427 g/mol. The topological polar surface area (TPSA) is 110 Å². The summed E-state index contributed by atoms with van der Waals surface area (Å²) in [6.45, 7) is 7.33. The fraction of sp³-hybridized carbons (Fsp3) is 0.947. The average molecular weight is 461 g/mol. The molecule has 5 rings (SSSR count). The molecule has 0 radical (unpaired) electrons. The van der Waals surface area contributed by atoms with Crippen LogP contribution in [0.3, 0.4) is 0 Å². The Bertz CT molecular complexity index is 652. The number of fused-ring (bicyclic) bond motifs is 1. The molecule has 5 fully saturated rings. The lowest BCUT2D eigenvalue weighted by molar-refractivity contribution is -0.128. The van der Waals surface area contributed by atoms with Gasteiger partial charge in [-0.3, -0.25) is 19.9 Å². The van der Waals surface area contributed by atoms with Crippen LogP contribution < -0.4 is 27.1 Å². The maximum Gasteiger partial charge on any atom is 0.229 e. The van der Waals surface area contributed by atoms with Gasteiger partial charge in [0.15, 0.2) is 0 Å². The number of carbonyl (C=O) groups excluding carboxylic acids is 1. The number of alkyl halides is 2. The second-order valence-corrected chi connectivity index (χ2v) is 9.89. The quantitative estimate of drug-likeness (QED) is 0.281. The van der Waals surface area contributed by atoms with E-state index in [2.05, 4.69) is 31.2 Å². The van der Waals surface area contributed by atoms with Gasteiger partial charge in [0, 0.05) is 58.4 Å². The standard InChI is InChI=1S/C19H34ClFN8O2/c20-13-6-23-7-14(16(13)28-3-1-27(2-4-28)12-9-31-10-12)25-19(30)15-17(22)26-29-8-11(21)5-24-18(15)29/h11-18,23-24,26H,1-10,22H2,(H,25,30). The first kappa shape index (κ1) is 22.2. The van der Waals surface area contributed by atoms with Crippen LogP contribution in [0.2, 0.25) is 0 Å². The zero-order chi connectivity index (χ0) is 21.5. The van der Waals surface area contributed by atoms with Crippen LogP contribution in [-0.2, 0) is 9.53 Å². The number of piperidine rings is 1. The Balaban J connectivity index is 1.22. The average Bonchev–Trinajstić information content (AvgIpc) is 3.02. The number of halogens is 2. The SMILES string of the molecule is NC1NN2CC(F)CNC2C1C(=O)NC1CNCC(Cl)C1N1CCN(C2COC2)CC1. The Labute approximate surface area is 187 Å². The number of carbonyl (C=O) groups is 1. The van der Waals surface area contributed by atoms with E-state index >= 15 is 0 Å². The molecule has 0 spiro atoms. The van der Waals surface area contributed by atoms with Gasteiger partial charge in [0.2, 0.25) is 5.91 Å². The Hall–Kier alpha value is -0.630. The smallest absolute Gasteiger partial charge is 0.229 e. The van der Waals surface area contributed by atoms with Gasteiger partial charge >= 0.3 is 0 Å². The van der Waals surface area contributed by atoms with Crippen molar-refractivity contribution in [3.63, 3.8) is 0 Å². The van der Waals surface area contributed by atoms with E-state index in [-0.39, 0.29) is 42.6 Å². The second kappa shape index (κ2) is 9.32. The Morgan fingerprint density at radius 2 is 1.87 bits per heavy atom. The fourth-order valence-electron chi connectivity index (χ4n) is 5.58. The number of hydrogen-bond acceptors (Lipinski definition) is 9. The summed E-state index contributed by atoms with van der Waals surface area (Å²) in [4.78, 5) is 18.2. The van der Waals surface area contributed by atoms with E-state index in [1.807, 2.05) is 0 Å². The number of hydrogen-bond donors (Lipinski definition) is 5. The van der Waals surface area contributed by atoms with Gasteiger partial charge in [-0.2, -0.15) is 0 Å². The minimum absolute atomic E-state index is 0.0582. The van der Waals surface area contributed by atoms with Gasteiger partial charge in [0.25, 0.3) is 0 Å². The van der Waals surface area contributed by atoms with Crippen LogP contribution in [0, 0.1) is 5.92 Å². The Kier molecular flexibility index (Phi) is 6.67. The van der Waals surface area contributed by atoms with Crippen LogP contribution in [0.4, 0.5) is 4.39 Å². The van der Waals surface area contributed by atoms with E-state index < -0.39 is 18.3 Å². The summed E-state index contributed by atoms with van der Waals surface area (Å²) in [7, 11) is 0. The summed E-state index contributed by atoms with van der Waals surface area (Å²) in [6.07, 6.45) is -1.85. The van der Waals surface area contributed by atoms with Gasteiger partial charge in [-0.15, -0.1) is 11.6 Å². The number of piperazine rings is 1. The lowest BCUT2D eigenvalue weighted by Gasteiger charge is -2.48. The van der Waals surface area contributed by atoms with E-state index in [4.69, 9.17) is 22.1 Å². The van der Waals surface area contributed by atoms with Crippen LogP contribution in [-0.4, -0.2) is 128 Å². The normalized spacial score (nSPS) is 43.4. The molecule has 10 nitrogen and oxygen atoms in total. The molecule has 7 unspecified atom stereocenters. The number of hydrazine groups is 1. The zero-order valence-electron chi connectivity index (χ0n) is 17.7. The molecule has 176 valence electrons. The molecule has 12 heteroatoms. The molecule has 1 amide bonds. The summed E-state index contributed by atoms with van der Waals surface area (Å²) in [5, 5.41) is 11.3. The van der Waals surface area contributed by atoms with Crippen molar-refractivity contribution < 1.29 is 13.9 Å². The maximum atomic E-state index is 13.7. The first-order valence-electron chi connectivity index (χ1n) is 11.4. The van der Waals surface area contributed by atoms with Crippen LogP contribution in [0.15, 0.2) is 0 Å². The highest BCUT2D eigenvalue weighted by Crippen LogP contribution is 2.25.